The number of hydrogen-bond donors (Lipinski definition) is 2. The Hall–Kier alpha value is -2.67. The highest BCUT2D eigenvalue weighted by Gasteiger charge is 2.55. The molecule has 12 heteroatoms. The van der Waals surface area contributed by atoms with Gasteiger partial charge in [0, 0.05) is 37.0 Å². The molecule has 4 bridgehead atoms. The van der Waals surface area contributed by atoms with Crippen LogP contribution in [0.2, 0.25) is 0 Å². The molecule has 2 aliphatic heterocycles. The van der Waals surface area contributed by atoms with Gasteiger partial charge in [0.2, 0.25) is 10.0 Å². The van der Waals surface area contributed by atoms with Crippen LogP contribution in [0.5, 0.6) is 0 Å². The third kappa shape index (κ3) is 4.09. The van der Waals surface area contributed by atoms with Crippen molar-refractivity contribution >= 4 is 33.6 Å². The molecule has 3 N–H and O–H groups in total. The second-order valence-electron chi connectivity index (χ2n) is 11.7. The Labute approximate surface area is 221 Å². The van der Waals surface area contributed by atoms with Crippen LogP contribution in [0.1, 0.15) is 39.0 Å². The van der Waals surface area contributed by atoms with Crippen LogP contribution in [0.4, 0.5) is 5.82 Å². The molecule has 1 atom stereocenters. The molecular formula is C26H33N5O6S. The first-order chi connectivity index (χ1) is 18.0. The maximum absolute atomic E-state index is 13.4. The van der Waals surface area contributed by atoms with Crippen LogP contribution >= 0.6 is 0 Å². The fraction of sp³-hybridized carbons (Fsp3) is 0.615. The van der Waals surface area contributed by atoms with Crippen LogP contribution in [0, 0.1) is 23.7 Å². The fourth-order valence-corrected chi connectivity index (χ4v) is 8.83. The summed E-state index contributed by atoms with van der Waals surface area (Å²) in [4.78, 5) is 41.9. The molecule has 11 nitrogen and oxygen atoms in total. The Morgan fingerprint density at radius 1 is 1.11 bits per heavy atom. The first-order valence-electron chi connectivity index (χ1n) is 13.2. The molecule has 1 saturated heterocycles. The molecule has 3 heterocycles. The van der Waals surface area contributed by atoms with Gasteiger partial charge in [-0.15, -0.1) is 0 Å². The molecule has 4 aliphatic carbocycles. The fourth-order valence-electron chi connectivity index (χ4n) is 7.38. The van der Waals surface area contributed by atoms with E-state index in [1.54, 1.807) is 6.92 Å². The molecule has 3 amide bonds. The number of morpholine rings is 1. The predicted octanol–water partition coefficient (Wildman–Crippen LogP) is 0.560. The zero-order valence-electron chi connectivity index (χ0n) is 21.3. The maximum Gasteiger partial charge on any atom is 0.259 e. The van der Waals surface area contributed by atoms with E-state index in [9.17, 15) is 22.8 Å². The molecule has 38 heavy (non-hydrogen) atoms. The van der Waals surface area contributed by atoms with Crippen molar-refractivity contribution in [2.75, 3.05) is 31.1 Å². The highest BCUT2D eigenvalue weighted by atomic mass is 32.2. The van der Waals surface area contributed by atoms with E-state index < -0.39 is 33.0 Å². The summed E-state index contributed by atoms with van der Waals surface area (Å²) in [5.41, 5.74) is 5.14. The Morgan fingerprint density at radius 3 is 2.32 bits per heavy atom. The number of imide groups is 1. The van der Waals surface area contributed by atoms with Crippen LogP contribution < -0.4 is 16.0 Å². The summed E-state index contributed by atoms with van der Waals surface area (Å²) in [5, 5.41) is 3.02. The molecule has 6 aliphatic rings. The number of sulfonamides is 1. The number of nitrogens with one attached hydrogen (secondary N) is 1. The summed E-state index contributed by atoms with van der Waals surface area (Å²) in [5.74, 6) is 0.932. The normalized spacial score (nSPS) is 36.7. The van der Waals surface area contributed by atoms with Crippen LogP contribution in [-0.4, -0.2) is 72.8 Å². The Kier molecular flexibility index (Phi) is 6.02. The number of aromatic nitrogens is 1. The van der Waals surface area contributed by atoms with E-state index in [1.807, 2.05) is 0 Å². The number of anilines is 1. The molecule has 1 aromatic rings. The highest BCUT2D eigenvalue weighted by molar-refractivity contribution is 7.89. The average molecular weight is 544 g/mol. The van der Waals surface area contributed by atoms with Gasteiger partial charge in [-0.3, -0.25) is 14.4 Å². The van der Waals surface area contributed by atoms with Crippen molar-refractivity contribution < 1.29 is 27.5 Å². The second-order valence-corrected chi connectivity index (χ2v) is 13.7. The molecule has 0 aromatic carbocycles. The van der Waals surface area contributed by atoms with Crippen molar-refractivity contribution in [1.29, 1.82) is 0 Å². The monoisotopic (exact) mass is 543 g/mol. The second kappa shape index (κ2) is 8.94. The van der Waals surface area contributed by atoms with Crippen molar-refractivity contribution in [3.8, 4) is 0 Å². The van der Waals surface area contributed by atoms with E-state index in [0.717, 1.165) is 60.8 Å². The lowest BCUT2D eigenvalue weighted by Crippen LogP contribution is -2.68. The first-order valence-corrected chi connectivity index (χ1v) is 14.7. The first kappa shape index (κ1) is 25.6. The van der Waals surface area contributed by atoms with Gasteiger partial charge in [-0.2, -0.15) is 4.31 Å². The summed E-state index contributed by atoms with van der Waals surface area (Å²) >= 11 is 0. The number of carbonyl (C=O) groups excluding carboxylic acids is 3. The Morgan fingerprint density at radius 2 is 1.74 bits per heavy atom. The lowest BCUT2D eigenvalue weighted by Gasteiger charge is -2.60. The van der Waals surface area contributed by atoms with Gasteiger partial charge >= 0.3 is 0 Å². The number of hydrogen-bond acceptors (Lipinski definition) is 8. The molecule has 0 radical (unpaired) electrons. The van der Waals surface area contributed by atoms with Gasteiger partial charge in [0.1, 0.15) is 10.7 Å². The van der Waals surface area contributed by atoms with Gasteiger partial charge in [-0.05, 0) is 74.8 Å². The highest BCUT2D eigenvalue weighted by Crippen LogP contribution is 2.57. The van der Waals surface area contributed by atoms with Gasteiger partial charge in [0.05, 0.1) is 13.2 Å². The third-order valence-corrected chi connectivity index (χ3v) is 11.2. The van der Waals surface area contributed by atoms with Crippen LogP contribution in [-0.2, 0) is 29.1 Å². The summed E-state index contributed by atoms with van der Waals surface area (Å²) in [6.07, 6.45) is 9.20. The van der Waals surface area contributed by atoms with E-state index in [2.05, 4.69) is 10.3 Å². The quantitative estimate of drug-likeness (QED) is 0.494. The molecular weight excluding hydrogens is 510 g/mol. The van der Waals surface area contributed by atoms with Crippen LogP contribution in [0.25, 0.3) is 0 Å². The Balaban J connectivity index is 1.13. The minimum absolute atomic E-state index is 0.0376. The molecule has 7 rings (SSSR count). The Bertz CT molecular complexity index is 1270. The van der Waals surface area contributed by atoms with E-state index in [0.29, 0.717) is 18.4 Å². The topological polar surface area (TPSA) is 152 Å². The largest absolute Gasteiger partial charge is 0.363 e. The minimum atomic E-state index is -4.01. The molecule has 0 spiro atoms. The lowest BCUT2D eigenvalue weighted by atomic mass is 9.49. The molecule has 204 valence electrons. The number of rotatable bonds is 6. The van der Waals surface area contributed by atoms with Crippen molar-refractivity contribution in [3.05, 3.63) is 30.5 Å². The van der Waals surface area contributed by atoms with E-state index >= 15 is 0 Å². The number of nitrogens with two attached hydrogens (primary N) is 1. The SMILES string of the molecule is C[C@]1(C(=O)NCC2(N)C3CC4CC(C3)CC2C4)CN(S(=O)(=O)c2ccc(N3C(=O)C=CC3=O)nc2)CCO1. The van der Waals surface area contributed by atoms with Crippen molar-refractivity contribution in [2.24, 2.45) is 29.4 Å². The minimum Gasteiger partial charge on any atom is -0.363 e. The number of carbonyl (C=O) groups is 3. The number of pyridine rings is 1. The predicted molar refractivity (Wildman–Crippen MR) is 136 cm³/mol. The lowest BCUT2D eigenvalue weighted by molar-refractivity contribution is -0.153. The van der Waals surface area contributed by atoms with Gasteiger partial charge in [-0.1, -0.05) is 0 Å². The summed E-state index contributed by atoms with van der Waals surface area (Å²) in [6, 6.07) is 2.61. The number of amides is 3. The zero-order chi connectivity index (χ0) is 26.9. The number of nitrogens with zero attached hydrogens (tertiary/aromatic N) is 3. The van der Waals surface area contributed by atoms with Gasteiger partial charge in [-0.25, -0.2) is 18.3 Å². The van der Waals surface area contributed by atoms with Crippen LogP contribution in [0.3, 0.4) is 0 Å². The molecule has 0 unspecified atom stereocenters. The van der Waals surface area contributed by atoms with Crippen molar-refractivity contribution in [3.63, 3.8) is 0 Å². The van der Waals surface area contributed by atoms with Gasteiger partial charge < -0.3 is 15.8 Å². The standard InChI is InChI=1S/C26H33N5O6S/c1-25(24(34)29-14-26(27)18-9-16-8-17(11-18)12-19(26)10-16)15-30(6-7-37-25)38(35,36)20-2-3-21(28-13-20)31-22(32)4-5-23(31)33/h2-5,13,16-19H,6-12,14-15,27H2,1H3,(H,29,34)/t16?,17?,18?,19?,25-,26?/m1/s1. The molecule has 5 fully saturated rings. The molecule has 1 aromatic heterocycles. The number of ether oxygens (including phenoxy) is 1. The van der Waals surface area contributed by atoms with E-state index in [-0.39, 0.29) is 36.3 Å². The van der Waals surface area contributed by atoms with Gasteiger partial charge in [0.25, 0.3) is 17.7 Å². The smallest absolute Gasteiger partial charge is 0.259 e. The zero-order valence-corrected chi connectivity index (χ0v) is 22.2. The summed E-state index contributed by atoms with van der Waals surface area (Å²) < 4.78 is 33.8. The van der Waals surface area contributed by atoms with Crippen molar-refractivity contribution in [2.45, 2.75) is 55.1 Å². The van der Waals surface area contributed by atoms with E-state index in [4.69, 9.17) is 10.5 Å². The van der Waals surface area contributed by atoms with Crippen LogP contribution in [0.15, 0.2) is 35.4 Å². The third-order valence-electron chi connectivity index (χ3n) is 9.33. The molecule has 4 saturated carbocycles. The van der Waals surface area contributed by atoms with Crippen molar-refractivity contribution in [1.82, 2.24) is 14.6 Å². The summed E-state index contributed by atoms with van der Waals surface area (Å²) in [7, 11) is -4.01. The summed E-state index contributed by atoms with van der Waals surface area (Å²) in [6.45, 7) is 1.93. The van der Waals surface area contributed by atoms with Gasteiger partial charge in [0.15, 0.2) is 5.60 Å². The van der Waals surface area contributed by atoms with E-state index in [1.165, 1.54) is 22.9 Å². The maximum atomic E-state index is 13.4. The average Bonchev–Trinajstić information content (AvgIpc) is 3.23.